The van der Waals surface area contributed by atoms with Crippen LogP contribution in [0.5, 0.6) is 0 Å². The summed E-state index contributed by atoms with van der Waals surface area (Å²) in [5.74, 6) is -0.169. The van der Waals surface area contributed by atoms with Crippen LogP contribution in [0.3, 0.4) is 0 Å². The predicted molar refractivity (Wildman–Crippen MR) is 65.8 cm³/mol. The second-order valence-corrected chi connectivity index (χ2v) is 5.58. The van der Waals surface area contributed by atoms with Crippen molar-refractivity contribution in [1.29, 1.82) is 0 Å². The quantitative estimate of drug-likeness (QED) is 0.924. The molecule has 1 heterocycles. The number of carbonyl (C=O) groups excluding carboxylic acids is 1. The van der Waals surface area contributed by atoms with Crippen molar-refractivity contribution in [2.24, 2.45) is 0 Å². The van der Waals surface area contributed by atoms with Crippen molar-refractivity contribution in [3.8, 4) is 0 Å². The van der Waals surface area contributed by atoms with Crippen LogP contribution in [0, 0.1) is 0 Å². The molecular formula is C13H13F3O2S. The summed E-state index contributed by atoms with van der Waals surface area (Å²) in [7, 11) is 0. The number of alkyl halides is 3. The average Bonchev–Trinajstić information content (AvgIpc) is 2.80. The van der Waals surface area contributed by atoms with E-state index in [-0.39, 0.29) is 10.7 Å². The lowest BCUT2D eigenvalue weighted by Gasteiger charge is -2.31. The van der Waals surface area contributed by atoms with Gasteiger partial charge in [0.1, 0.15) is 0 Å². The molecule has 19 heavy (non-hydrogen) atoms. The molecular weight excluding hydrogens is 277 g/mol. The molecule has 0 bridgehead atoms. The van der Waals surface area contributed by atoms with E-state index in [4.69, 9.17) is 0 Å². The van der Waals surface area contributed by atoms with Crippen LogP contribution in [-0.2, 0) is 10.4 Å². The van der Waals surface area contributed by atoms with Crippen molar-refractivity contribution in [3.63, 3.8) is 0 Å². The van der Waals surface area contributed by atoms with Crippen LogP contribution in [0.15, 0.2) is 29.2 Å². The van der Waals surface area contributed by atoms with E-state index in [1.54, 1.807) is 0 Å². The SMILES string of the molecule is O=C1C=C(CC(O)(c2cccs2)C(F)(F)F)CCC1. The van der Waals surface area contributed by atoms with Crippen molar-refractivity contribution >= 4 is 17.1 Å². The van der Waals surface area contributed by atoms with Gasteiger partial charge in [0.05, 0.1) is 0 Å². The highest BCUT2D eigenvalue weighted by Gasteiger charge is 2.55. The highest BCUT2D eigenvalue weighted by Crippen LogP contribution is 2.45. The Bertz CT molecular complexity index is 490. The Hall–Kier alpha value is -1.14. The largest absolute Gasteiger partial charge is 0.422 e. The van der Waals surface area contributed by atoms with Gasteiger partial charge < -0.3 is 5.11 Å². The van der Waals surface area contributed by atoms with Crippen molar-refractivity contribution < 1.29 is 23.1 Å². The van der Waals surface area contributed by atoms with Crippen LogP contribution in [0.4, 0.5) is 13.2 Å². The fraction of sp³-hybridized carbons (Fsp3) is 0.462. The fourth-order valence-corrected chi connectivity index (χ4v) is 3.01. The third-order valence-electron chi connectivity index (χ3n) is 3.17. The number of hydrogen-bond donors (Lipinski definition) is 1. The van der Waals surface area contributed by atoms with Crippen molar-refractivity contribution in [2.75, 3.05) is 0 Å². The van der Waals surface area contributed by atoms with Crippen LogP contribution >= 0.6 is 11.3 Å². The number of halogens is 3. The third-order valence-corrected chi connectivity index (χ3v) is 4.19. The molecule has 1 unspecified atom stereocenters. The molecule has 2 nitrogen and oxygen atoms in total. The highest BCUT2D eigenvalue weighted by atomic mass is 32.1. The Labute approximate surface area is 112 Å². The maximum atomic E-state index is 13.2. The normalized spacial score (nSPS) is 20.0. The standard InChI is InChI=1S/C13H13F3O2S/c14-13(15,16)12(18,11-5-2-6-19-11)8-9-3-1-4-10(17)7-9/h2,5-7,18H,1,3-4,8H2. The van der Waals surface area contributed by atoms with Gasteiger partial charge in [0.2, 0.25) is 0 Å². The van der Waals surface area contributed by atoms with Gasteiger partial charge in [0, 0.05) is 17.7 Å². The lowest BCUT2D eigenvalue weighted by Crippen LogP contribution is -2.42. The van der Waals surface area contributed by atoms with Gasteiger partial charge in [-0.3, -0.25) is 4.79 Å². The summed E-state index contributed by atoms with van der Waals surface area (Å²) < 4.78 is 39.5. The minimum atomic E-state index is -4.76. The van der Waals surface area contributed by atoms with Crippen LogP contribution in [0.2, 0.25) is 0 Å². The lowest BCUT2D eigenvalue weighted by molar-refractivity contribution is -0.265. The first-order chi connectivity index (χ1) is 8.83. The molecule has 0 amide bonds. The van der Waals surface area contributed by atoms with Crippen molar-refractivity contribution in [2.45, 2.75) is 37.5 Å². The molecule has 0 saturated heterocycles. The van der Waals surface area contributed by atoms with Crippen LogP contribution in [0.25, 0.3) is 0 Å². The fourth-order valence-electron chi connectivity index (χ4n) is 2.17. The molecule has 0 radical (unpaired) electrons. The lowest BCUT2D eigenvalue weighted by atomic mass is 9.86. The topological polar surface area (TPSA) is 37.3 Å². The van der Waals surface area contributed by atoms with E-state index < -0.39 is 18.2 Å². The Morgan fingerprint density at radius 1 is 1.32 bits per heavy atom. The monoisotopic (exact) mass is 290 g/mol. The average molecular weight is 290 g/mol. The molecule has 1 aromatic heterocycles. The van der Waals surface area contributed by atoms with E-state index in [2.05, 4.69) is 0 Å². The van der Waals surface area contributed by atoms with Crippen molar-refractivity contribution in [3.05, 3.63) is 34.0 Å². The molecule has 1 aliphatic carbocycles. The Balaban J connectivity index is 2.32. The van der Waals surface area contributed by atoms with Crippen LogP contribution < -0.4 is 0 Å². The van der Waals surface area contributed by atoms with E-state index in [9.17, 15) is 23.1 Å². The van der Waals surface area contributed by atoms with Gasteiger partial charge >= 0.3 is 6.18 Å². The van der Waals surface area contributed by atoms with Crippen LogP contribution in [-0.4, -0.2) is 17.1 Å². The first-order valence-corrected chi connectivity index (χ1v) is 6.76. The minimum absolute atomic E-state index is 0.140. The van der Waals surface area contributed by atoms with Crippen LogP contribution in [0.1, 0.15) is 30.6 Å². The molecule has 0 aromatic carbocycles. The smallest absolute Gasteiger partial charge is 0.375 e. The number of aliphatic hydroxyl groups is 1. The Morgan fingerprint density at radius 2 is 2.05 bits per heavy atom. The molecule has 1 aromatic rings. The number of allylic oxidation sites excluding steroid dienone is 1. The van der Waals surface area contributed by atoms with E-state index in [0.717, 1.165) is 11.3 Å². The zero-order valence-corrected chi connectivity index (χ0v) is 10.9. The summed E-state index contributed by atoms with van der Waals surface area (Å²) in [5, 5.41) is 11.6. The molecule has 2 rings (SSSR count). The van der Waals surface area contributed by atoms with E-state index in [1.807, 2.05) is 0 Å². The van der Waals surface area contributed by atoms with Gasteiger partial charge in [0.15, 0.2) is 11.4 Å². The summed E-state index contributed by atoms with van der Waals surface area (Å²) in [5.41, 5.74) is -2.53. The number of hydrogen-bond acceptors (Lipinski definition) is 3. The zero-order chi connectivity index (χ0) is 14.1. The van der Waals surface area contributed by atoms with E-state index in [1.165, 1.54) is 23.6 Å². The first kappa shape index (κ1) is 14.3. The summed E-state index contributed by atoms with van der Waals surface area (Å²) in [6.45, 7) is 0. The summed E-state index contributed by atoms with van der Waals surface area (Å²) in [4.78, 5) is 11.1. The molecule has 1 aliphatic rings. The van der Waals surface area contributed by atoms with Gasteiger partial charge in [-0.15, -0.1) is 11.3 Å². The number of ketones is 1. The first-order valence-electron chi connectivity index (χ1n) is 5.88. The molecule has 0 saturated carbocycles. The Morgan fingerprint density at radius 3 is 2.58 bits per heavy atom. The predicted octanol–water partition coefficient (Wildman–Crippen LogP) is 3.57. The molecule has 6 heteroatoms. The zero-order valence-electron chi connectivity index (χ0n) is 10.0. The number of carbonyl (C=O) groups is 1. The molecule has 0 aliphatic heterocycles. The van der Waals surface area contributed by atoms with Gasteiger partial charge in [-0.1, -0.05) is 11.6 Å². The second-order valence-electron chi connectivity index (χ2n) is 4.63. The second kappa shape index (κ2) is 5.09. The molecule has 0 fully saturated rings. The molecule has 1 N–H and O–H groups in total. The maximum Gasteiger partial charge on any atom is 0.422 e. The van der Waals surface area contributed by atoms with Gasteiger partial charge in [-0.25, -0.2) is 0 Å². The van der Waals surface area contributed by atoms with Gasteiger partial charge in [-0.2, -0.15) is 13.2 Å². The number of rotatable bonds is 3. The summed E-state index contributed by atoms with van der Waals surface area (Å²) >= 11 is 0.864. The number of thiophene rings is 1. The van der Waals surface area contributed by atoms with Gasteiger partial charge in [0.25, 0.3) is 0 Å². The van der Waals surface area contributed by atoms with E-state index in [0.29, 0.717) is 24.8 Å². The third kappa shape index (κ3) is 2.90. The Kier molecular flexibility index (Phi) is 3.82. The molecule has 104 valence electrons. The summed E-state index contributed by atoms with van der Waals surface area (Å²) in [6, 6.07) is 2.74. The summed E-state index contributed by atoms with van der Waals surface area (Å²) in [6.07, 6.45) is -2.75. The highest BCUT2D eigenvalue weighted by molar-refractivity contribution is 7.10. The maximum absolute atomic E-state index is 13.2. The molecule has 1 atom stereocenters. The van der Waals surface area contributed by atoms with E-state index >= 15 is 0 Å². The van der Waals surface area contributed by atoms with Gasteiger partial charge in [-0.05, 0) is 30.4 Å². The molecule has 0 spiro atoms. The minimum Gasteiger partial charge on any atom is -0.375 e. The van der Waals surface area contributed by atoms with Crippen molar-refractivity contribution in [1.82, 2.24) is 0 Å².